The molecule has 0 aromatic rings. The van der Waals surface area contributed by atoms with Crippen LogP contribution in [0.3, 0.4) is 0 Å². The summed E-state index contributed by atoms with van der Waals surface area (Å²) in [4.78, 5) is 9.45. The van der Waals surface area contributed by atoms with Crippen LogP contribution in [0.4, 0.5) is 0 Å². The molecular weight excluding hydrogens is 283 g/mol. The monoisotopic (exact) mass is 322 g/mol. The third kappa shape index (κ3) is 30.5. The van der Waals surface area contributed by atoms with Gasteiger partial charge in [-0.05, 0) is 6.92 Å². The Kier molecular flexibility index (Phi) is 29.4. The molecule has 0 bridgehead atoms. The van der Waals surface area contributed by atoms with Crippen LogP contribution < -0.4 is 18.9 Å². The number of carbonyl (C=O) groups is 1. The van der Waals surface area contributed by atoms with Crippen LogP contribution in [-0.2, 0) is 4.79 Å². The Morgan fingerprint density at radius 2 is 1.09 bits per heavy atom. The first kappa shape index (κ1) is 27.9. The minimum Gasteiger partial charge on any atom is -0.479 e. The first-order valence-corrected chi connectivity index (χ1v) is 9.26. The van der Waals surface area contributed by atoms with Crippen LogP contribution in [0, 0.1) is 6.92 Å². The van der Waals surface area contributed by atoms with Crippen molar-refractivity contribution in [2.24, 2.45) is 0 Å². The zero-order chi connectivity index (χ0) is 17.1. The topological polar surface area (TPSA) is 57.5 Å². The summed E-state index contributed by atoms with van der Waals surface area (Å²) >= 11 is 0. The third-order valence-corrected chi connectivity index (χ3v) is 3.71. The normalized spacial score (nSPS) is 11.1. The van der Waals surface area contributed by atoms with E-state index in [0.29, 0.717) is 0 Å². The fourth-order valence-corrected chi connectivity index (χ4v) is 2.19. The van der Waals surface area contributed by atoms with Crippen molar-refractivity contribution in [3.8, 4) is 0 Å². The summed E-state index contributed by atoms with van der Waals surface area (Å²) in [6, 6.07) is 0. The molecule has 0 heterocycles. The quantitative estimate of drug-likeness (QED) is 0.294. The summed E-state index contributed by atoms with van der Waals surface area (Å²) in [7, 11) is 0. The fourth-order valence-electron chi connectivity index (χ4n) is 2.19. The van der Waals surface area contributed by atoms with Crippen molar-refractivity contribution in [2.75, 3.05) is 0 Å². The van der Waals surface area contributed by atoms with E-state index in [4.69, 9.17) is 10.2 Å². The second-order valence-corrected chi connectivity index (χ2v) is 6.11. The number of aliphatic hydroxyl groups excluding tert-OH is 1. The molecule has 134 valence electrons. The SMILES string of the molecule is CC(O)C(=O)O.[CH2-]CCCCCCCCCCCCCCC.[Li+]. The minimum atomic E-state index is -1.23. The van der Waals surface area contributed by atoms with Crippen LogP contribution in [0.25, 0.3) is 0 Å². The predicted molar refractivity (Wildman–Crippen MR) is 95.0 cm³/mol. The standard InChI is InChI=1S/C16H33.C3H6O3.Li/c1-3-5-7-9-11-13-15-16-14-12-10-8-6-4-2;1-2(4)3(5)6;/h1,3-16H2,2H3;2,4H,1H3,(H,5,6);/q-1;;+1. The van der Waals surface area contributed by atoms with Crippen molar-refractivity contribution >= 4 is 5.97 Å². The second kappa shape index (κ2) is 24.3. The van der Waals surface area contributed by atoms with Crippen molar-refractivity contribution in [1.82, 2.24) is 0 Å². The minimum absolute atomic E-state index is 0. The van der Waals surface area contributed by atoms with Gasteiger partial charge >= 0.3 is 24.8 Å². The number of unbranched alkanes of at least 4 members (excludes halogenated alkanes) is 13. The van der Waals surface area contributed by atoms with Crippen molar-refractivity contribution in [3.05, 3.63) is 6.92 Å². The van der Waals surface area contributed by atoms with Gasteiger partial charge in [0.15, 0.2) is 0 Å². The predicted octanol–water partition coefficient (Wildman–Crippen LogP) is 2.76. The van der Waals surface area contributed by atoms with Gasteiger partial charge < -0.3 is 17.1 Å². The number of hydrogen-bond donors (Lipinski definition) is 2. The Bertz CT molecular complexity index is 207. The van der Waals surface area contributed by atoms with Crippen LogP contribution >= 0.6 is 0 Å². The molecule has 0 aliphatic carbocycles. The first-order chi connectivity index (χ1) is 10.6. The average Bonchev–Trinajstić information content (AvgIpc) is 2.49. The summed E-state index contributed by atoms with van der Waals surface area (Å²) < 4.78 is 0. The smallest absolute Gasteiger partial charge is 0.479 e. The first-order valence-electron chi connectivity index (χ1n) is 9.26. The Labute approximate surface area is 156 Å². The van der Waals surface area contributed by atoms with Crippen LogP contribution in [-0.4, -0.2) is 22.3 Å². The van der Waals surface area contributed by atoms with E-state index in [2.05, 4.69) is 13.8 Å². The van der Waals surface area contributed by atoms with Gasteiger partial charge in [-0.25, -0.2) is 4.79 Å². The molecule has 0 spiro atoms. The van der Waals surface area contributed by atoms with Crippen molar-refractivity contribution in [1.29, 1.82) is 0 Å². The van der Waals surface area contributed by atoms with E-state index in [0.717, 1.165) is 6.42 Å². The van der Waals surface area contributed by atoms with Crippen LogP contribution in [0.2, 0.25) is 0 Å². The zero-order valence-corrected chi connectivity index (χ0v) is 16.0. The van der Waals surface area contributed by atoms with Gasteiger partial charge in [-0.15, -0.1) is 0 Å². The van der Waals surface area contributed by atoms with Crippen molar-refractivity contribution in [2.45, 2.75) is 110 Å². The molecule has 1 atom stereocenters. The maximum atomic E-state index is 9.45. The molecule has 0 aliphatic rings. The number of hydrogen-bond acceptors (Lipinski definition) is 2. The van der Waals surface area contributed by atoms with E-state index in [-0.39, 0.29) is 18.9 Å². The summed E-state index contributed by atoms with van der Waals surface area (Å²) in [5.74, 6) is -1.19. The maximum Gasteiger partial charge on any atom is 1.00 e. The summed E-state index contributed by atoms with van der Waals surface area (Å²) in [5, 5.41) is 15.8. The molecule has 0 aromatic carbocycles. The molecule has 0 rings (SSSR count). The van der Waals surface area contributed by atoms with E-state index in [1.54, 1.807) is 0 Å². The number of aliphatic carboxylic acids is 1. The van der Waals surface area contributed by atoms with Gasteiger partial charge in [0.2, 0.25) is 0 Å². The van der Waals surface area contributed by atoms with E-state index in [1.807, 2.05) is 0 Å². The van der Waals surface area contributed by atoms with E-state index < -0.39 is 12.1 Å². The zero-order valence-electron chi connectivity index (χ0n) is 16.0. The summed E-state index contributed by atoms with van der Waals surface area (Å²) in [6.45, 7) is 7.36. The van der Waals surface area contributed by atoms with Gasteiger partial charge in [0.05, 0.1) is 0 Å². The summed E-state index contributed by atoms with van der Waals surface area (Å²) in [6.07, 6.45) is 18.6. The number of carboxylic acids is 1. The number of rotatable bonds is 14. The molecule has 3 nitrogen and oxygen atoms in total. The molecule has 23 heavy (non-hydrogen) atoms. The largest absolute Gasteiger partial charge is 1.00 e. The number of carboxylic acid groups (broad SMARTS) is 1. The molecule has 0 saturated carbocycles. The molecule has 1 unspecified atom stereocenters. The van der Waals surface area contributed by atoms with E-state index >= 15 is 0 Å². The van der Waals surface area contributed by atoms with Gasteiger partial charge in [-0.3, -0.25) is 0 Å². The van der Waals surface area contributed by atoms with Crippen molar-refractivity contribution in [3.63, 3.8) is 0 Å². The second-order valence-electron chi connectivity index (χ2n) is 6.11. The third-order valence-electron chi connectivity index (χ3n) is 3.71. The Hall–Kier alpha value is 0.0274. The summed E-state index contributed by atoms with van der Waals surface area (Å²) in [5.41, 5.74) is 0. The molecule has 0 aromatic heterocycles. The fraction of sp³-hybridized carbons (Fsp3) is 0.895. The molecular formula is C19H39LiO3. The van der Waals surface area contributed by atoms with Crippen molar-refractivity contribution < 1.29 is 33.9 Å². The van der Waals surface area contributed by atoms with Crippen LogP contribution in [0.15, 0.2) is 0 Å². The molecule has 4 heteroatoms. The Morgan fingerprint density at radius 3 is 1.30 bits per heavy atom. The molecule has 0 saturated heterocycles. The van der Waals surface area contributed by atoms with Gasteiger partial charge in [-0.1, -0.05) is 90.4 Å². The molecule has 0 radical (unpaired) electrons. The average molecular weight is 322 g/mol. The van der Waals surface area contributed by atoms with Gasteiger partial charge in [0.25, 0.3) is 0 Å². The Balaban J connectivity index is -0.000000487. The van der Waals surface area contributed by atoms with E-state index in [1.165, 1.54) is 90.4 Å². The van der Waals surface area contributed by atoms with Gasteiger partial charge in [0, 0.05) is 0 Å². The number of aliphatic hydroxyl groups is 1. The molecule has 0 aliphatic heterocycles. The Morgan fingerprint density at radius 1 is 0.826 bits per heavy atom. The molecule has 2 N–H and O–H groups in total. The van der Waals surface area contributed by atoms with Gasteiger partial charge in [-0.2, -0.15) is 6.42 Å². The van der Waals surface area contributed by atoms with Gasteiger partial charge in [0.1, 0.15) is 6.10 Å². The maximum absolute atomic E-state index is 9.45. The van der Waals surface area contributed by atoms with Crippen LogP contribution in [0.5, 0.6) is 0 Å². The molecule has 0 fully saturated rings. The molecule has 0 amide bonds. The van der Waals surface area contributed by atoms with E-state index in [9.17, 15) is 4.79 Å². The van der Waals surface area contributed by atoms with Crippen LogP contribution in [0.1, 0.15) is 104 Å².